The van der Waals surface area contributed by atoms with Gasteiger partial charge in [0.2, 0.25) is 0 Å². The van der Waals surface area contributed by atoms with Crippen LogP contribution in [0.15, 0.2) is 11.4 Å². The minimum atomic E-state index is 0.191. The molecule has 1 amide bonds. The number of thiophene rings is 1. The molecule has 2 rings (SSSR count). The third-order valence-electron chi connectivity index (χ3n) is 2.82. The highest BCUT2D eigenvalue weighted by molar-refractivity contribution is 7.12. The molecule has 0 saturated carbocycles. The highest BCUT2D eigenvalue weighted by Crippen LogP contribution is 2.19. The summed E-state index contributed by atoms with van der Waals surface area (Å²) in [4.78, 5) is 15.1. The van der Waals surface area contributed by atoms with Crippen molar-refractivity contribution in [3.05, 3.63) is 21.9 Å². The van der Waals surface area contributed by atoms with Crippen LogP contribution in [0.2, 0.25) is 0 Å². The first kappa shape index (κ1) is 10.6. The van der Waals surface area contributed by atoms with Crippen molar-refractivity contribution in [1.29, 1.82) is 0 Å². The van der Waals surface area contributed by atoms with Gasteiger partial charge in [-0.3, -0.25) is 4.79 Å². The molecule has 1 atom stereocenters. The van der Waals surface area contributed by atoms with Gasteiger partial charge in [-0.15, -0.1) is 11.3 Å². The van der Waals surface area contributed by atoms with Crippen LogP contribution in [0.3, 0.4) is 0 Å². The average Bonchev–Trinajstić information content (AvgIpc) is 2.64. The van der Waals surface area contributed by atoms with Gasteiger partial charge >= 0.3 is 0 Å². The van der Waals surface area contributed by atoms with Gasteiger partial charge < -0.3 is 10.2 Å². The van der Waals surface area contributed by atoms with Gasteiger partial charge in [-0.1, -0.05) is 0 Å². The molecule has 0 unspecified atom stereocenters. The monoisotopic (exact) mass is 224 g/mol. The van der Waals surface area contributed by atoms with Crippen molar-refractivity contribution >= 4 is 17.2 Å². The minimum Gasteiger partial charge on any atom is -0.333 e. The molecule has 0 radical (unpaired) electrons. The number of piperazine rings is 1. The van der Waals surface area contributed by atoms with Crippen molar-refractivity contribution < 1.29 is 4.79 Å². The van der Waals surface area contributed by atoms with Crippen LogP contribution in [0, 0.1) is 6.92 Å². The van der Waals surface area contributed by atoms with E-state index in [0.717, 1.165) is 30.1 Å². The third-order valence-corrected chi connectivity index (χ3v) is 3.82. The van der Waals surface area contributed by atoms with Crippen molar-refractivity contribution in [1.82, 2.24) is 10.2 Å². The van der Waals surface area contributed by atoms with E-state index < -0.39 is 0 Å². The maximum atomic E-state index is 12.2. The molecule has 1 aromatic heterocycles. The molecule has 1 aliphatic heterocycles. The summed E-state index contributed by atoms with van der Waals surface area (Å²) in [5.74, 6) is 0.191. The number of carbonyl (C=O) groups is 1. The summed E-state index contributed by atoms with van der Waals surface area (Å²) in [6, 6.07) is 2.30. The highest BCUT2D eigenvalue weighted by Gasteiger charge is 2.25. The Bertz CT molecular complexity index is 361. The lowest BCUT2D eigenvalue weighted by atomic mass is 10.2. The van der Waals surface area contributed by atoms with Crippen LogP contribution in [0.5, 0.6) is 0 Å². The standard InChI is InChI=1S/C11H16N2OS/c1-8-3-6-15-10(8)11(14)13-5-4-12-7-9(13)2/h3,6,9,12H,4-5,7H2,1-2H3/t9-/m1/s1. The molecule has 2 heterocycles. The number of nitrogens with zero attached hydrogens (tertiary/aromatic N) is 1. The van der Waals surface area contributed by atoms with E-state index in [9.17, 15) is 4.79 Å². The van der Waals surface area contributed by atoms with Crippen LogP contribution in [-0.4, -0.2) is 36.5 Å². The first-order valence-corrected chi connectivity index (χ1v) is 6.14. The molecular weight excluding hydrogens is 208 g/mol. The first-order valence-electron chi connectivity index (χ1n) is 5.26. The van der Waals surface area contributed by atoms with E-state index in [4.69, 9.17) is 0 Å². The second-order valence-corrected chi connectivity index (χ2v) is 4.90. The van der Waals surface area contributed by atoms with Gasteiger partial charge in [0.05, 0.1) is 4.88 Å². The van der Waals surface area contributed by atoms with Gasteiger partial charge in [-0.2, -0.15) is 0 Å². The Kier molecular flexibility index (Phi) is 3.07. The van der Waals surface area contributed by atoms with Crippen LogP contribution in [0.25, 0.3) is 0 Å². The SMILES string of the molecule is Cc1ccsc1C(=O)N1CCNC[C@H]1C. The molecule has 0 aromatic carbocycles. The zero-order chi connectivity index (χ0) is 10.8. The zero-order valence-electron chi connectivity index (χ0n) is 9.12. The fourth-order valence-electron chi connectivity index (χ4n) is 1.87. The summed E-state index contributed by atoms with van der Waals surface area (Å²) in [7, 11) is 0. The van der Waals surface area contributed by atoms with Crippen LogP contribution >= 0.6 is 11.3 Å². The zero-order valence-corrected chi connectivity index (χ0v) is 9.93. The van der Waals surface area contributed by atoms with Crippen LogP contribution in [0.4, 0.5) is 0 Å². The highest BCUT2D eigenvalue weighted by atomic mass is 32.1. The molecule has 1 saturated heterocycles. The Morgan fingerprint density at radius 3 is 3.07 bits per heavy atom. The summed E-state index contributed by atoms with van der Waals surface area (Å²) in [6.07, 6.45) is 0. The smallest absolute Gasteiger partial charge is 0.264 e. The van der Waals surface area contributed by atoms with E-state index in [2.05, 4.69) is 12.2 Å². The van der Waals surface area contributed by atoms with E-state index >= 15 is 0 Å². The van der Waals surface area contributed by atoms with Crippen LogP contribution in [0.1, 0.15) is 22.2 Å². The molecule has 0 bridgehead atoms. The molecule has 3 nitrogen and oxygen atoms in total. The molecule has 0 spiro atoms. The van der Waals surface area contributed by atoms with Gasteiger partial charge in [-0.25, -0.2) is 0 Å². The number of carbonyl (C=O) groups excluding carboxylic acids is 1. The summed E-state index contributed by atoms with van der Waals surface area (Å²) in [6.45, 7) is 6.71. The van der Waals surface area contributed by atoms with Crippen molar-refractivity contribution in [2.45, 2.75) is 19.9 Å². The normalized spacial score (nSPS) is 21.7. The third kappa shape index (κ3) is 2.06. The molecule has 0 aliphatic carbocycles. The second-order valence-electron chi connectivity index (χ2n) is 3.98. The van der Waals surface area contributed by atoms with Crippen LogP contribution < -0.4 is 5.32 Å². The van der Waals surface area contributed by atoms with Crippen molar-refractivity contribution in [3.8, 4) is 0 Å². The Morgan fingerprint density at radius 1 is 1.67 bits per heavy atom. The molecule has 82 valence electrons. The number of hydrogen-bond acceptors (Lipinski definition) is 3. The largest absolute Gasteiger partial charge is 0.333 e. The maximum Gasteiger partial charge on any atom is 0.264 e. The lowest BCUT2D eigenvalue weighted by Crippen LogP contribution is -2.52. The first-order chi connectivity index (χ1) is 7.20. The fraction of sp³-hybridized carbons (Fsp3) is 0.545. The van der Waals surface area contributed by atoms with Crippen molar-refractivity contribution in [2.75, 3.05) is 19.6 Å². The predicted molar refractivity (Wildman–Crippen MR) is 62.4 cm³/mol. The number of amides is 1. The minimum absolute atomic E-state index is 0.191. The Balaban J connectivity index is 2.17. The topological polar surface area (TPSA) is 32.3 Å². The Morgan fingerprint density at radius 2 is 2.47 bits per heavy atom. The van der Waals surface area contributed by atoms with Gasteiger partial charge in [0, 0.05) is 25.7 Å². The van der Waals surface area contributed by atoms with Gasteiger partial charge in [0.15, 0.2) is 0 Å². The van der Waals surface area contributed by atoms with Gasteiger partial charge in [0.25, 0.3) is 5.91 Å². The fourth-order valence-corrected chi connectivity index (χ4v) is 2.75. The van der Waals surface area contributed by atoms with Crippen LogP contribution in [-0.2, 0) is 0 Å². The number of hydrogen-bond donors (Lipinski definition) is 1. The Hall–Kier alpha value is -0.870. The van der Waals surface area contributed by atoms with Gasteiger partial charge in [-0.05, 0) is 30.9 Å². The molecule has 1 fully saturated rings. The number of nitrogens with one attached hydrogen (secondary N) is 1. The Labute approximate surface area is 94.1 Å². The summed E-state index contributed by atoms with van der Waals surface area (Å²) in [5.41, 5.74) is 1.09. The second kappa shape index (κ2) is 4.33. The summed E-state index contributed by atoms with van der Waals surface area (Å²) >= 11 is 1.54. The van der Waals surface area contributed by atoms with Crippen molar-refractivity contribution in [3.63, 3.8) is 0 Å². The van der Waals surface area contributed by atoms with E-state index in [-0.39, 0.29) is 5.91 Å². The molecule has 1 N–H and O–H groups in total. The van der Waals surface area contributed by atoms with E-state index in [1.54, 1.807) is 11.3 Å². The average molecular weight is 224 g/mol. The molecule has 4 heteroatoms. The van der Waals surface area contributed by atoms with E-state index in [1.165, 1.54) is 0 Å². The summed E-state index contributed by atoms with van der Waals surface area (Å²) < 4.78 is 0. The molecule has 1 aliphatic rings. The molecule has 15 heavy (non-hydrogen) atoms. The van der Waals surface area contributed by atoms with Crippen molar-refractivity contribution in [2.24, 2.45) is 0 Å². The maximum absolute atomic E-state index is 12.2. The lowest BCUT2D eigenvalue weighted by molar-refractivity contribution is 0.0660. The number of aryl methyl sites for hydroxylation is 1. The molecular formula is C11H16N2OS. The quantitative estimate of drug-likeness (QED) is 0.784. The molecule has 1 aromatic rings. The van der Waals surface area contributed by atoms with E-state index in [1.807, 2.05) is 23.3 Å². The van der Waals surface area contributed by atoms with Gasteiger partial charge in [0.1, 0.15) is 0 Å². The lowest BCUT2D eigenvalue weighted by Gasteiger charge is -2.33. The predicted octanol–water partition coefficient (Wildman–Crippen LogP) is 1.49. The number of rotatable bonds is 1. The van der Waals surface area contributed by atoms with E-state index in [0.29, 0.717) is 6.04 Å². The summed E-state index contributed by atoms with van der Waals surface area (Å²) in [5, 5.41) is 5.27.